The Morgan fingerprint density at radius 1 is 1.03 bits per heavy atom. The summed E-state index contributed by atoms with van der Waals surface area (Å²) in [6.07, 6.45) is 3.17. The van der Waals surface area contributed by atoms with E-state index in [0.29, 0.717) is 24.7 Å². The van der Waals surface area contributed by atoms with Crippen molar-refractivity contribution in [1.82, 2.24) is 24.0 Å². The number of aryl methyl sites for hydroxylation is 2. The van der Waals surface area contributed by atoms with Crippen molar-refractivity contribution >= 4 is 11.0 Å². The lowest BCUT2D eigenvalue weighted by atomic mass is 10.1. The maximum absolute atomic E-state index is 12.1. The summed E-state index contributed by atoms with van der Waals surface area (Å²) < 4.78 is 16.6. The van der Waals surface area contributed by atoms with Gasteiger partial charge >= 0.3 is 5.69 Å². The van der Waals surface area contributed by atoms with Gasteiger partial charge in [-0.1, -0.05) is 18.2 Å². The van der Waals surface area contributed by atoms with Gasteiger partial charge in [0.25, 0.3) is 0 Å². The minimum atomic E-state index is -0.0508. The molecule has 0 saturated carbocycles. The first-order chi connectivity index (χ1) is 14.1. The first-order valence-corrected chi connectivity index (χ1v) is 9.10. The third-order valence-electron chi connectivity index (χ3n) is 4.87. The second-order valence-corrected chi connectivity index (χ2v) is 6.66. The van der Waals surface area contributed by atoms with Crippen molar-refractivity contribution < 1.29 is 9.47 Å². The SMILES string of the molecule is COc1cccc(CNn2cnnc2)c1OCc1ccc2c(c1)n(C)c(=O)n2C. The van der Waals surface area contributed by atoms with Gasteiger partial charge in [-0.15, -0.1) is 10.2 Å². The molecule has 2 heterocycles. The number of fused-ring (bicyclic) bond motifs is 1. The van der Waals surface area contributed by atoms with Gasteiger partial charge in [0.2, 0.25) is 0 Å². The van der Waals surface area contributed by atoms with E-state index in [4.69, 9.17) is 9.47 Å². The van der Waals surface area contributed by atoms with Gasteiger partial charge in [-0.25, -0.2) is 9.47 Å². The Labute approximate surface area is 167 Å². The largest absolute Gasteiger partial charge is 0.493 e. The molecule has 2 aromatic heterocycles. The van der Waals surface area contributed by atoms with Crippen molar-refractivity contribution in [3.05, 3.63) is 70.7 Å². The van der Waals surface area contributed by atoms with Crippen LogP contribution < -0.4 is 20.6 Å². The summed E-state index contributed by atoms with van der Waals surface area (Å²) in [5, 5.41) is 7.55. The van der Waals surface area contributed by atoms with E-state index in [1.165, 1.54) is 0 Å². The van der Waals surface area contributed by atoms with Crippen LogP contribution in [0.5, 0.6) is 11.5 Å². The highest BCUT2D eigenvalue weighted by molar-refractivity contribution is 5.76. The average Bonchev–Trinajstić information content (AvgIpc) is 3.34. The predicted octanol–water partition coefficient (Wildman–Crippen LogP) is 1.80. The quantitative estimate of drug-likeness (QED) is 0.514. The van der Waals surface area contributed by atoms with Crippen molar-refractivity contribution in [1.29, 1.82) is 0 Å². The summed E-state index contributed by atoms with van der Waals surface area (Å²) in [6.45, 7) is 0.857. The molecule has 0 saturated heterocycles. The lowest BCUT2D eigenvalue weighted by molar-refractivity contribution is 0.281. The maximum Gasteiger partial charge on any atom is 0.328 e. The highest BCUT2D eigenvalue weighted by atomic mass is 16.5. The summed E-state index contributed by atoms with van der Waals surface area (Å²) >= 11 is 0. The molecule has 0 amide bonds. The molecule has 0 spiro atoms. The van der Waals surface area contributed by atoms with Crippen LogP contribution in [0.4, 0.5) is 0 Å². The molecule has 0 fully saturated rings. The van der Waals surface area contributed by atoms with Crippen LogP contribution in [0.2, 0.25) is 0 Å². The van der Waals surface area contributed by atoms with E-state index in [0.717, 1.165) is 22.2 Å². The fourth-order valence-corrected chi connectivity index (χ4v) is 3.28. The van der Waals surface area contributed by atoms with E-state index in [9.17, 15) is 4.79 Å². The number of rotatable bonds is 7. The molecule has 0 bridgehead atoms. The van der Waals surface area contributed by atoms with Gasteiger partial charge in [0, 0.05) is 19.7 Å². The Hall–Kier alpha value is -3.75. The Kier molecular flexibility index (Phi) is 4.94. The van der Waals surface area contributed by atoms with Crippen LogP contribution in [0.3, 0.4) is 0 Å². The molecule has 4 rings (SSSR count). The standard InChI is InChI=1S/C20H22N6O3/c1-24-16-8-7-14(9-17(16)25(2)20(24)27)11-29-19-15(5-4-6-18(19)28-3)10-23-26-12-21-22-13-26/h4-9,12-13,23H,10-11H2,1-3H3. The Morgan fingerprint density at radius 2 is 1.79 bits per heavy atom. The van der Waals surface area contributed by atoms with Gasteiger partial charge in [-0.3, -0.25) is 9.13 Å². The molecule has 9 nitrogen and oxygen atoms in total. The van der Waals surface area contributed by atoms with Crippen LogP contribution >= 0.6 is 0 Å². The summed E-state index contributed by atoms with van der Waals surface area (Å²) in [4.78, 5) is 12.1. The third-order valence-corrected chi connectivity index (χ3v) is 4.87. The zero-order chi connectivity index (χ0) is 20.4. The van der Waals surface area contributed by atoms with Gasteiger partial charge in [-0.05, 0) is 23.8 Å². The second-order valence-electron chi connectivity index (χ2n) is 6.66. The molecule has 0 atom stereocenters. The van der Waals surface area contributed by atoms with Gasteiger partial charge in [0.05, 0.1) is 24.7 Å². The first kappa shape index (κ1) is 18.6. The van der Waals surface area contributed by atoms with Crippen molar-refractivity contribution in [3.63, 3.8) is 0 Å². The molecule has 9 heteroatoms. The van der Waals surface area contributed by atoms with E-state index in [-0.39, 0.29) is 5.69 Å². The number of methoxy groups -OCH3 is 1. The number of nitrogens with zero attached hydrogens (tertiary/aromatic N) is 5. The van der Waals surface area contributed by atoms with E-state index in [1.807, 2.05) is 36.4 Å². The summed E-state index contributed by atoms with van der Waals surface area (Å²) in [7, 11) is 5.15. The molecule has 0 radical (unpaired) electrons. The molecule has 0 unspecified atom stereocenters. The zero-order valence-electron chi connectivity index (χ0n) is 16.5. The van der Waals surface area contributed by atoms with Gasteiger partial charge in [0.15, 0.2) is 11.5 Å². The van der Waals surface area contributed by atoms with Crippen LogP contribution in [0.1, 0.15) is 11.1 Å². The fraction of sp³-hybridized carbons (Fsp3) is 0.250. The molecular weight excluding hydrogens is 372 g/mol. The molecule has 0 aliphatic heterocycles. The number of para-hydroxylation sites is 1. The van der Waals surface area contributed by atoms with Crippen molar-refractivity contribution in [2.75, 3.05) is 12.5 Å². The Morgan fingerprint density at radius 3 is 2.55 bits per heavy atom. The maximum atomic E-state index is 12.1. The molecule has 150 valence electrons. The van der Waals surface area contributed by atoms with E-state index < -0.39 is 0 Å². The van der Waals surface area contributed by atoms with Crippen molar-refractivity contribution in [2.45, 2.75) is 13.2 Å². The third kappa shape index (κ3) is 3.54. The number of benzene rings is 2. The second kappa shape index (κ2) is 7.70. The van der Waals surface area contributed by atoms with Crippen molar-refractivity contribution in [2.24, 2.45) is 14.1 Å². The highest BCUT2D eigenvalue weighted by Crippen LogP contribution is 2.32. The van der Waals surface area contributed by atoms with Crippen molar-refractivity contribution in [3.8, 4) is 11.5 Å². The molecular formula is C20H22N6O3. The Balaban J connectivity index is 1.58. The number of nitrogens with one attached hydrogen (secondary N) is 1. The Bertz CT molecular complexity index is 1190. The van der Waals surface area contributed by atoms with Gasteiger partial charge in [0.1, 0.15) is 19.3 Å². The molecule has 1 N–H and O–H groups in total. The average molecular weight is 394 g/mol. The van der Waals surface area contributed by atoms with E-state index >= 15 is 0 Å². The monoisotopic (exact) mass is 394 g/mol. The smallest absolute Gasteiger partial charge is 0.328 e. The predicted molar refractivity (Wildman–Crippen MR) is 109 cm³/mol. The molecule has 29 heavy (non-hydrogen) atoms. The summed E-state index contributed by atoms with van der Waals surface area (Å²) in [5.41, 5.74) is 6.79. The number of hydrogen-bond acceptors (Lipinski definition) is 6. The normalized spacial score (nSPS) is 11.0. The van der Waals surface area contributed by atoms with Crippen LogP contribution in [0, 0.1) is 0 Å². The fourth-order valence-electron chi connectivity index (χ4n) is 3.28. The molecule has 0 aliphatic rings. The van der Waals surface area contributed by atoms with Crippen LogP contribution in [-0.2, 0) is 27.2 Å². The molecule has 0 aliphatic carbocycles. The lowest BCUT2D eigenvalue weighted by Crippen LogP contribution is -2.19. The summed E-state index contributed by atoms with van der Waals surface area (Å²) in [6, 6.07) is 11.6. The van der Waals surface area contributed by atoms with Crippen LogP contribution in [0.15, 0.2) is 53.8 Å². The van der Waals surface area contributed by atoms with Crippen LogP contribution in [0.25, 0.3) is 11.0 Å². The van der Waals surface area contributed by atoms with Crippen LogP contribution in [-0.4, -0.2) is 31.1 Å². The summed E-state index contributed by atoms with van der Waals surface area (Å²) in [5.74, 6) is 1.32. The number of ether oxygens (including phenoxy) is 2. The number of imidazole rings is 1. The molecule has 2 aromatic carbocycles. The lowest BCUT2D eigenvalue weighted by Gasteiger charge is -2.16. The minimum absolute atomic E-state index is 0.0508. The van der Waals surface area contributed by atoms with Gasteiger partial charge in [-0.2, -0.15) is 0 Å². The first-order valence-electron chi connectivity index (χ1n) is 9.10. The number of hydrogen-bond donors (Lipinski definition) is 1. The topological polar surface area (TPSA) is 88.1 Å². The number of aromatic nitrogens is 5. The molecule has 4 aromatic rings. The highest BCUT2D eigenvalue weighted by Gasteiger charge is 2.13. The van der Waals surface area contributed by atoms with Gasteiger partial charge < -0.3 is 14.9 Å². The zero-order valence-corrected chi connectivity index (χ0v) is 16.5. The van der Waals surface area contributed by atoms with E-state index in [1.54, 1.807) is 47.7 Å². The van der Waals surface area contributed by atoms with E-state index in [2.05, 4.69) is 15.6 Å². The minimum Gasteiger partial charge on any atom is -0.493 e.